The molecule has 110 valence electrons. The van der Waals surface area contributed by atoms with Crippen molar-refractivity contribution in [3.8, 4) is 23.0 Å². The van der Waals surface area contributed by atoms with Gasteiger partial charge in [-0.3, -0.25) is 0 Å². The summed E-state index contributed by atoms with van der Waals surface area (Å²) in [5.74, 6) is 2.92. The molecule has 1 fully saturated rings. The highest BCUT2D eigenvalue weighted by Gasteiger charge is 2.51. The van der Waals surface area contributed by atoms with Crippen molar-refractivity contribution in [2.45, 2.75) is 16.0 Å². The zero-order chi connectivity index (χ0) is 14.4. The maximum Gasteiger partial charge on any atom is 0.276 e. The Morgan fingerprint density at radius 2 is 2.05 bits per heavy atom. The van der Waals surface area contributed by atoms with E-state index in [2.05, 4.69) is 10.2 Å². The number of thioether (sulfide) groups is 1. The number of hydrogen-bond acceptors (Lipinski definition) is 6. The molecule has 0 saturated heterocycles. The van der Waals surface area contributed by atoms with Gasteiger partial charge in [-0.05, 0) is 24.6 Å². The van der Waals surface area contributed by atoms with Gasteiger partial charge in [0.2, 0.25) is 12.7 Å². The zero-order valence-corrected chi connectivity index (χ0v) is 13.0. The van der Waals surface area contributed by atoms with Crippen molar-refractivity contribution >= 4 is 35.0 Å². The third-order valence-electron chi connectivity index (χ3n) is 3.39. The van der Waals surface area contributed by atoms with E-state index < -0.39 is 4.33 Å². The molecule has 0 unspecified atom stereocenters. The molecule has 4 rings (SSSR count). The van der Waals surface area contributed by atoms with Gasteiger partial charge < -0.3 is 13.9 Å². The normalized spacial score (nSPS) is 21.5. The second-order valence-electron chi connectivity index (χ2n) is 4.91. The lowest BCUT2D eigenvalue weighted by atomic mass is 10.2. The van der Waals surface area contributed by atoms with E-state index in [9.17, 15) is 0 Å². The molecule has 1 saturated carbocycles. The van der Waals surface area contributed by atoms with Crippen LogP contribution in [-0.2, 0) is 0 Å². The highest BCUT2D eigenvalue weighted by atomic mass is 35.5. The third-order valence-corrected chi connectivity index (χ3v) is 5.30. The smallest absolute Gasteiger partial charge is 0.276 e. The van der Waals surface area contributed by atoms with Crippen LogP contribution in [0.25, 0.3) is 11.5 Å². The van der Waals surface area contributed by atoms with Crippen molar-refractivity contribution in [1.82, 2.24) is 10.2 Å². The van der Waals surface area contributed by atoms with Crippen molar-refractivity contribution in [3.05, 3.63) is 18.2 Å². The summed E-state index contributed by atoms with van der Waals surface area (Å²) in [6.07, 6.45) is 0.812. The second kappa shape index (κ2) is 4.97. The van der Waals surface area contributed by atoms with Gasteiger partial charge in [-0.1, -0.05) is 11.8 Å². The van der Waals surface area contributed by atoms with Crippen LogP contribution in [0.3, 0.4) is 0 Å². The molecule has 0 spiro atoms. The molecule has 2 aliphatic rings. The topological polar surface area (TPSA) is 57.4 Å². The molecule has 1 aromatic carbocycles. The maximum absolute atomic E-state index is 5.99. The van der Waals surface area contributed by atoms with Gasteiger partial charge in [0.05, 0.1) is 0 Å². The summed E-state index contributed by atoms with van der Waals surface area (Å²) < 4.78 is 15.7. The number of ether oxygens (including phenoxy) is 2. The van der Waals surface area contributed by atoms with Crippen LogP contribution in [-0.4, -0.2) is 27.1 Å². The summed E-state index contributed by atoms with van der Waals surface area (Å²) in [6, 6.07) is 5.51. The summed E-state index contributed by atoms with van der Waals surface area (Å²) >= 11 is 13.4. The fourth-order valence-corrected chi connectivity index (χ4v) is 3.73. The molecule has 0 amide bonds. The van der Waals surface area contributed by atoms with Gasteiger partial charge in [-0.2, -0.15) is 0 Å². The molecule has 2 aromatic rings. The lowest BCUT2D eigenvalue weighted by Crippen LogP contribution is -1.92. The summed E-state index contributed by atoms with van der Waals surface area (Å²) in [6.45, 7) is 0.240. The number of benzene rings is 1. The molecular formula is C13H10Cl2N2O3S. The molecule has 1 aliphatic carbocycles. The summed E-state index contributed by atoms with van der Waals surface area (Å²) in [7, 11) is 0. The first kappa shape index (κ1) is 13.5. The Hall–Kier alpha value is -1.11. The van der Waals surface area contributed by atoms with E-state index in [-0.39, 0.29) is 12.7 Å². The van der Waals surface area contributed by atoms with Crippen LogP contribution in [0.1, 0.15) is 6.42 Å². The second-order valence-corrected chi connectivity index (χ2v) is 7.43. The number of alkyl halides is 2. The van der Waals surface area contributed by atoms with E-state index in [4.69, 9.17) is 37.1 Å². The highest BCUT2D eigenvalue weighted by Crippen LogP contribution is 2.54. The van der Waals surface area contributed by atoms with Crippen molar-refractivity contribution in [2.24, 2.45) is 5.92 Å². The van der Waals surface area contributed by atoms with Crippen molar-refractivity contribution in [1.29, 1.82) is 0 Å². The largest absolute Gasteiger partial charge is 0.454 e. The van der Waals surface area contributed by atoms with Gasteiger partial charge in [0.25, 0.3) is 5.22 Å². The molecule has 0 N–H and O–H groups in total. The van der Waals surface area contributed by atoms with Crippen LogP contribution in [0.5, 0.6) is 11.5 Å². The Morgan fingerprint density at radius 3 is 2.86 bits per heavy atom. The van der Waals surface area contributed by atoms with Gasteiger partial charge in [0.15, 0.2) is 11.5 Å². The van der Waals surface area contributed by atoms with Crippen molar-refractivity contribution < 1.29 is 13.9 Å². The van der Waals surface area contributed by atoms with Crippen LogP contribution in [0.4, 0.5) is 0 Å². The van der Waals surface area contributed by atoms with Gasteiger partial charge in [-0.25, -0.2) is 0 Å². The Labute approximate surface area is 134 Å². The first-order valence-electron chi connectivity index (χ1n) is 6.36. The first-order valence-corrected chi connectivity index (χ1v) is 8.10. The van der Waals surface area contributed by atoms with Crippen LogP contribution in [0.15, 0.2) is 27.8 Å². The molecule has 1 aliphatic heterocycles. The van der Waals surface area contributed by atoms with Gasteiger partial charge in [0.1, 0.15) is 4.33 Å². The minimum Gasteiger partial charge on any atom is -0.454 e. The molecule has 1 atom stereocenters. The van der Waals surface area contributed by atoms with Crippen molar-refractivity contribution in [3.63, 3.8) is 0 Å². The zero-order valence-electron chi connectivity index (χ0n) is 10.7. The molecule has 1 aromatic heterocycles. The quantitative estimate of drug-likeness (QED) is 0.621. The van der Waals surface area contributed by atoms with Crippen molar-refractivity contribution in [2.75, 3.05) is 12.5 Å². The van der Waals surface area contributed by atoms with Gasteiger partial charge in [-0.15, -0.1) is 33.4 Å². The Balaban J connectivity index is 1.47. The van der Waals surface area contributed by atoms with Crippen LogP contribution < -0.4 is 9.47 Å². The molecule has 2 heterocycles. The fourth-order valence-electron chi connectivity index (χ4n) is 2.04. The average molecular weight is 345 g/mol. The minimum atomic E-state index is -0.576. The van der Waals surface area contributed by atoms with E-state index in [0.717, 1.165) is 23.5 Å². The number of nitrogens with zero attached hydrogens (tertiary/aromatic N) is 2. The van der Waals surface area contributed by atoms with E-state index >= 15 is 0 Å². The Bertz CT molecular complexity index is 692. The lowest BCUT2D eigenvalue weighted by molar-refractivity contribution is 0.174. The molecular weight excluding hydrogens is 335 g/mol. The van der Waals surface area contributed by atoms with E-state index in [0.29, 0.717) is 16.9 Å². The molecule has 8 heteroatoms. The van der Waals surface area contributed by atoms with E-state index in [1.54, 1.807) is 0 Å². The number of halogens is 2. The van der Waals surface area contributed by atoms with Gasteiger partial charge >= 0.3 is 0 Å². The number of hydrogen-bond donors (Lipinski definition) is 0. The number of rotatable bonds is 4. The lowest BCUT2D eigenvalue weighted by Gasteiger charge is -1.98. The average Bonchev–Trinajstić information content (AvgIpc) is 2.93. The fraction of sp³-hybridized carbons (Fsp3) is 0.385. The highest BCUT2D eigenvalue weighted by molar-refractivity contribution is 7.99. The third kappa shape index (κ3) is 2.67. The standard InChI is InChI=1S/C13H10Cl2N2O3S/c14-13(15)4-8(13)5-21-12-17-16-11(20-12)7-1-2-9-10(3-7)19-6-18-9/h1-3,8H,4-6H2/t8-/m1/s1. The Kier molecular flexibility index (Phi) is 3.20. The van der Waals surface area contributed by atoms with Gasteiger partial charge in [0, 0.05) is 17.2 Å². The summed E-state index contributed by atoms with van der Waals surface area (Å²) in [5.41, 5.74) is 0.800. The SMILES string of the molecule is ClC1(Cl)C[C@@H]1CSc1nnc(-c2ccc3c(c2)OCO3)o1. The van der Waals surface area contributed by atoms with Crippen LogP contribution in [0, 0.1) is 5.92 Å². The van der Waals surface area contributed by atoms with E-state index in [1.165, 1.54) is 11.8 Å². The van der Waals surface area contributed by atoms with Crippen LogP contribution in [0.2, 0.25) is 0 Å². The molecule has 5 nitrogen and oxygen atoms in total. The van der Waals surface area contributed by atoms with E-state index in [1.807, 2.05) is 18.2 Å². The number of fused-ring (bicyclic) bond motifs is 1. The Morgan fingerprint density at radius 1 is 1.24 bits per heavy atom. The predicted octanol–water partition coefficient (Wildman–Crippen LogP) is 3.75. The summed E-state index contributed by atoms with van der Waals surface area (Å²) in [5, 5.41) is 8.58. The minimum absolute atomic E-state index is 0.240. The maximum atomic E-state index is 5.99. The van der Waals surface area contributed by atoms with Crippen LogP contribution >= 0.6 is 35.0 Å². The molecule has 0 radical (unpaired) electrons. The molecule has 0 bridgehead atoms. The first-order chi connectivity index (χ1) is 10.1. The summed E-state index contributed by atoms with van der Waals surface area (Å²) in [4.78, 5) is 0. The molecule has 21 heavy (non-hydrogen) atoms. The monoisotopic (exact) mass is 344 g/mol. The predicted molar refractivity (Wildman–Crippen MR) is 79.1 cm³/mol. The number of aromatic nitrogens is 2.